The zero-order valence-electron chi connectivity index (χ0n) is 15.3. The SMILES string of the molecule is O=C(CCN1C(=O)NC2(CCCC2)C1=O)Nc1nc(-c2cc(Cl)ccc2Cl)cs1. The predicted molar refractivity (Wildman–Crippen MR) is 112 cm³/mol. The second-order valence-corrected chi connectivity index (χ2v) is 8.84. The molecule has 10 heteroatoms. The number of amides is 4. The summed E-state index contributed by atoms with van der Waals surface area (Å²) in [5.74, 6) is -0.545. The van der Waals surface area contributed by atoms with Gasteiger partial charge in [-0.15, -0.1) is 11.3 Å². The van der Waals surface area contributed by atoms with Crippen LogP contribution in [0.25, 0.3) is 11.3 Å². The molecule has 152 valence electrons. The van der Waals surface area contributed by atoms with Crippen molar-refractivity contribution in [2.75, 3.05) is 11.9 Å². The van der Waals surface area contributed by atoms with E-state index in [4.69, 9.17) is 23.2 Å². The predicted octanol–water partition coefficient (Wildman–Crippen LogP) is 4.31. The van der Waals surface area contributed by atoms with E-state index >= 15 is 0 Å². The number of nitrogens with one attached hydrogen (secondary N) is 2. The molecule has 2 heterocycles. The molecule has 1 saturated carbocycles. The Balaban J connectivity index is 1.36. The Morgan fingerprint density at radius 2 is 2.03 bits per heavy atom. The van der Waals surface area contributed by atoms with Crippen molar-refractivity contribution < 1.29 is 14.4 Å². The fraction of sp³-hybridized carbons (Fsp3) is 0.368. The average Bonchev–Trinajstić information content (AvgIpc) is 3.38. The highest BCUT2D eigenvalue weighted by Gasteiger charge is 2.52. The summed E-state index contributed by atoms with van der Waals surface area (Å²) in [6, 6.07) is 4.66. The quantitative estimate of drug-likeness (QED) is 0.660. The van der Waals surface area contributed by atoms with E-state index in [1.54, 1.807) is 23.6 Å². The highest BCUT2D eigenvalue weighted by atomic mass is 35.5. The first-order chi connectivity index (χ1) is 13.9. The van der Waals surface area contributed by atoms with Crippen LogP contribution in [0.5, 0.6) is 0 Å². The topological polar surface area (TPSA) is 91.4 Å². The van der Waals surface area contributed by atoms with Crippen molar-refractivity contribution in [3.05, 3.63) is 33.6 Å². The molecule has 4 rings (SSSR count). The van der Waals surface area contributed by atoms with E-state index < -0.39 is 11.6 Å². The van der Waals surface area contributed by atoms with Crippen molar-refractivity contribution in [2.45, 2.75) is 37.6 Å². The second-order valence-electron chi connectivity index (χ2n) is 7.14. The van der Waals surface area contributed by atoms with Crippen LogP contribution in [0, 0.1) is 0 Å². The minimum Gasteiger partial charge on any atom is -0.323 e. The van der Waals surface area contributed by atoms with Crippen molar-refractivity contribution in [3.63, 3.8) is 0 Å². The molecule has 7 nitrogen and oxygen atoms in total. The first-order valence-corrected chi connectivity index (χ1v) is 10.9. The Kier molecular flexibility index (Phi) is 5.50. The Morgan fingerprint density at radius 1 is 1.28 bits per heavy atom. The van der Waals surface area contributed by atoms with Gasteiger partial charge in [0.1, 0.15) is 5.54 Å². The number of halogens is 2. The molecule has 0 unspecified atom stereocenters. The Hall–Kier alpha value is -2.16. The normalized spacial score (nSPS) is 17.8. The average molecular weight is 453 g/mol. The van der Waals surface area contributed by atoms with Gasteiger partial charge in [0.25, 0.3) is 5.91 Å². The minimum atomic E-state index is -0.756. The standard InChI is InChI=1S/C19H18Cl2N4O3S/c20-11-3-4-13(21)12(9-11)14-10-29-17(22-14)23-15(26)5-8-25-16(27)19(24-18(25)28)6-1-2-7-19/h3-4,9-10H,1-2,5-8H2,(H,24,28)(H,22,23,26). The van der Waals surface area contributed by atoms with Crippen molar-refractivity contribution in [1.82, 2.24) is 15.2 Å². The molecule has 1 aromatic heterocycles. The Bertz CT molecular complexity index is 988. The van der Waals surface area contributed by atoms with E-state index in [0.29, 0.717) is 39.3 Å². The number of nitrogens with zero attached hydrogens (tertiary/aromatic N) is 2. The maximum atomic E-state index is 12.6. The van der Waals surface area contributed by atoms with Crippen LogP contribution in [0.2, 0.25) is 10.0 Å². The van der Waals surface area contributed by atoms with Gasteiger partial charge in [0.2, 0.25) is 5.91 Å². The lowest BCUT2D eigenvalue weighted by Gasteiger charge is -2.19. The highest BCUT2D eigenvalue weighted by Crippen LogP contribution is 2.35. The smallest absolute Gasteiger partial charge is 0.323 e. The van der Waals surface area contributed by atoms with Crippen LogP contribution in [0.4, 0.5) is 9.93 Å². The van der Waals surface area contributed by atoms with E-state index in [1.165, 1.54) is 11.3 Å². The molecule has 2 N–H and O–H groups in total. The lowest BCUT2D eigenvalue weighted by atomic mass is 9.98. The van der Waals surface area contributed by atoms with Crippen molar-refractivity contribution in [2.24, 2.45) is 0 Å². The van der Waals surface area contributed by atoms with Crippen LogP contribution in [-0.2, 0) is 9.59 Å². The number of hydrogen-bond donors (Lipinski definition) is 2. The Morgan fingerprint density at radius 3 is 2.79 bits per heavy atom. The van der Waals surface area contributed by atoms with Gasteiger partial charge in [-0.05, 0) is 31.0 Å². The molecule has 2 fully saturated rings. The molecule has 29 heavy (non-hydrogen) atoms. The molecule has 1 aromatic carbocycles. The second kappa shape index (κ2) is 7.93. The van der Waals surface area contributed by atoms with Crippen molar-refractivity contribution in [3.8, 4) is 11.3 Å². The summed E-state index contributed by atoms with van der Waals surface area (Å²) in [5.41, 5.74) is 0.528. The van der Waals surface area contributed by atoms with Gasteiger partial charge in [-0.1, -0.05) is 36.0 Å². The number of aromatic nitrogens is 1. The van der Waals surface area contributed by atoms with Gasteiger partial charge in [-0.25, -0.2) is 9.78 Å². The summed E-state index contributed by atoms with van der Waals surface area (Å²) in [5, 5.41) is 8.74. The molecule has 0 bridgehead atoms. The molecule has 0 radical (unpaired) electrons. The number of imide groups is 1. The highest BCUT2D eigenvalue weighted by molar-refractivity contribution is 7.14. The number of carbonyl (C=O) groups is 3. The number of hydrogen-bond acceptors (Lipinski definition) is 5. The first kappa shape index (κ1) is 20.1. The van der Waals surface area contributed by atoms with Crippen LogP contribution in [0.1, 0.15) is 32.1 Å². The molecule has 1 saturated heterocycles. The third kappa shape index (κ3) is 3.97. The third-order valence-electron chi connectivity index (χ3n) is 5.22. The van der Waals surface area contributed by atoms with Crippen LogP contribution >= 0.6 is 34.5 Å². The summed E-state index contributed by atoms with van der Waals surface area (Å²) in [4.78, 5) is 42.6. The van der Waals surface area contributed by atoms with E-state index in [2.05, 4.69) is 15.6 Å². The fourth-order valence-electron chi connectivity index (χ4n) is 3.74. The zero-order valence-corrected chi connectivity index (χ0v) is 17.7. The maximum absolute atomic E-state index is 12.6. The van der Waals surface area contributed by atoms with E-state index in [1.807, 2.05) is 0 Å². The number of thiazole rings is 1. The monoisotopic (exact) mass is 452 g/mol. The number of urea groups is 1. The van der Waals surface area contributed by atoms with Gasteiger partial charge in [0.15, 0.2) is 5.13 Å². The van der Waals surface area contributed by atoms with Gasteiger partial charge in [-0.3, -0.25) is 14.5 Å². The first-order valence-electron chi connectivity index (χ1n) is 9.23. The molecule has 0 atom stereocenters. The van der Waals surface area contributed by atoms with Crippen LogP contribution < -0.4 is 10.6 Å². The maximum Gasteiger partial charge on any atom is 0.325 e. The molecule has 1 aliphatic carbocycles. The lowest BCUT2D eigenvalue weighted by Crippen LogP contribution is -2.44. The van der Waals surface area contributed by atoms with Gasteiger partial charge < -0.3 is 10.6 Å². The molecular weight excluding hydrogens is 435 g/mol. The molecule has 1 spiro atoms. The van der Waals surface area contributed by atoms with Gasteiger partial charge in [-0.2, -0.15) is 0 Å². The molecule has 4 amide bonds. The van der Waals surface area contributed by atoms with Crippen molar-refractivity contribution in [1.29, 1.82) is 0 Å². The summed E-state index contributed by atoms with van der Waals surface area (Å²) >= 11 is 13.5. The molecular formula is C19H18Cl2N4O3S. The Labute approximate surface area is 181 Å². The lowest BCUT2D eigenvalue weighted by molar-refractivity contribution is -0.131. The molecule has 1 aliphatic heterocycles. The molecule has 2 aromatic rings. The van der Waals surface area contributed by atoms with E-state index in [-0.39, 0.29) is 24.8 Å². The summed E-state index contributed by atoms with van der Waals surface area (Å²) in [6.45, 7) is 0.0383. The summed E-state index contributed by atoms with van der Waals surface area (Å²) in [6.07, 6.45) is 3.16. The number of carbonyl (C=O) groups excluding carboxylic acids is 3. The number of anilines is 1. The van der Waals surface area contributed by atoms with Crippen LogP contribution in [0.3, 0.4) is 0 Å². The fourth-order valence-corrected chi connectivity index (χ4v) is 4.85. The van der Waals surface area contributed by atoms with Crippen LogP contribution in [-0.4, -0.2) is 39.8 Å². The summed E-state index contributed by atoms with van der Waals surface area (Å²) < 4.78 is 0. The summed E-state index contributed by atoms with van der Waals surface area (Å²) in [7, 11) is 0. The largest absolute Gasteiger partial charge is 0.325 e. The van der Waals surface area contributed by atoms with Crippen LogP contribution in [0.15, 0.2) is 23.6 Å². The van der Waals surface area contributed by atoms with Gasteiger partial charge in [0.05, 0.1) is 10.7 Å². The number of benzene rings is 1. The van der Waals surface area contributed by atoms with Gasteiger partial charge in [0, 0.05) is 28.9 Å². The third-order valence-corrected chi connectivity index (χ3v) is 6.54. The minimum absolute atomic E-state index is 0.00206. The molecule has 2 aliphatic rings. The van der Waals surface area contributed by atoms with E-state index in [9.17, 15) is 14.4 Å². The van der Waals surface area contributed by atoms with Crippen molar-refractivity contribution >= 4 is 57.5 Å². The van der Waals surface area contributed by atoms with E-state index in [0.717, 1.165) is 17.7 Å². The number of rotatable bonds is 5. The van der Waals surface area contributed by atoms with Gasteiger partial charge >= 0.3 is 6.03 Å². The zero-order chi connectivity index (χ0) is 20.6.